The molecule has 0 radical (unpaired) electrons. The zero-order valence-electron chi connectivity index (χ0n) is 26.7. The molecule has 0 saturated heterocycles. The molecule has 0 aliphatic rings. The lowest BCUT2D eigenvalue weighted by atomic mass is 9.90. The second-order valence-electron chi connectivity index (χ2n) is 12.2. The third kappa shape index (κ3) is 4.31. The van der Waals surface area contributed by atoms with Gasteiger partial charge in [-0.25, -0.2) is 9.69 Å². The lowest BCUT2D eigenvalue weighted by molar-refractivity contribution is 1.18. The van der Waals surface area contributed by atoms with Gasteiger partial charge in [0.2, 0.25) is 0 Å². The Bertz CT molecular complexity index is 2920. The zero-order chi connectivity index (χ0) is 33.8. The van der Waals surface area contributed by atoms with E-state index in [4.69, 9.17) is 13.1 Å². The molecular formula is C45H25N5. The number of benzene rings is 7. The smallest absolute Gasteiger partial charge is 0.196 e. The van der Waals surface area contributed by atoms with E-state index < -0.39 is 0 Å². The maximum atomic E-state index is 10.1. The van der Waals surface area contributed by atoms with Gasteiger partial charge >= 0.3 is 0 Å². The Balaban J connectivity index is 1.33. The normalized spacial score (nSPS) is 11.1. The monoisotopic (exact) mass is 635 g/mol. The van der Waals surface area contributed by atoms with Crippen LogP contribution in [-0.2, 0) is 0 Å². The van der Waals surface area contributed by atoms with E-state index in [-0.39, 0.29) is 0 Å². The number of nitrogens with zero attached hydrogens (tertiary/aromatic N) is 5. The fourth-order valence-corrected chi connectivity index (χ4v) is 7.47. The molecule has 0 unspecified atom stereocenters. The van der Waals surface area contributed by atoms with Gasteiger partial charge in [0, 0.05) is 27.4 Å². The van der Waals surface area contributed by atoms with Gasteiger partial charge in [0.1, 0.15) is 0 Å². The summed E-state index contributed by atoms with van der Waals surface area (Å²) in [5, 5.41) is 14.5. The highest BCUT2D eigenvalue weighted by molar-refractivity contribution is 6.12. The molecule has 50 heavy (non-hydrogen) atoms. The molecule has 2 aromatic heterocycles. The minimum atomic E-state index is 0.407. The molecule has 0 N–H and O–H groups in total. The van der Waals surface area contributed by atoms with E-state index in [0.717, 1.165) is 66.5 Å². The molecule has 5 heteroatoms. The van der Waals surface area contributed by atoms with Crippen LogP contribution >= 0.6 is 0 Å². The molecule has 230 valence electrons. The molecule has 2 heterocycles. The van der Waals surface area contributed by atoms with E-state index in [1.165, 1.54) is 10.8 Å². The molecule has 0 aliphatic heterocycles. The second-order valence-corrected chi connectivity index (χ2v) is 12.2. The predicted octanol–water partition coefficient (Wildman–Crippen LogP) is 12.2. The molecule has 7 aromatic carbocycles. The van der Waals surface area contributed by atoms with Crippen molar-refractivity contribution in [3.05, 3.63) is 180 Å². The summed E-state index contributed by atoms with van der Waals surface area (Å²) in [7, 11) is 0. The van der Waals surface area contributed by atoms with E-state index in [1.54, 1.807) is 6.07 Å². The van der Waals surface area contributed by atoms with Crippen LogP contribution in [0.1, 0.15) is 5.56 Å². The summed E-state index contributed by atoms with van der Waals surface area (Å²) in [6.07, 6.45) is 0. The van der Waals surface area contributed by atoms with Crippen molar-refractivity contribution in [3.63, 3.8) is 0 Å². The predicted molar refractivity (Wildman–Crippen MR) is 203 cm³/mol. The number of para-hydroxylation sites is 4. The first kappa shape index (κ1) is 28.8. The first-order valence-electron chi connectivity index (χ1n) is 16.2. The van der Waals surface area contributed by atoms with Crippen LogP contribution in [-0.4, -0.2) is 9.13 Å². The number of rotatable bonds is 4. The van der Waals surface area contributed by atoms with Gasteiger partial charge < -0.3 is 9.13 Å². The van der Waals surface area contributed by atoms with Crippen molar-refractivity contribution in [1.29, 1.82) is 5.26 Å². The van der Waals surface area contributed by atoms with Crippen LogP contribution < -0.4 is 0 Å². The summed E-state index contributed by atoms with van der Waals surface area (Å²) in [6, 6.07) is 53.3. The first-order chi connectivity index (χ1) is 24.7. The molecule has 0 atom stereocenters. The van der Waals surface area contributed by atoms with Gasteiger partial charge in [-0.3, -0.25) is 0 Å². The van der Waals surface area contributed by atoms with Crippen molar-refractivity contribution >= 4 is 55.0 Å². The minimum Gasteiger partial charge on any atom is -0.309 e. The fourth-order valence-electron chi connectivity index (χ4n) is 7.47. The lowest BCUT2D eigenvalue weighted by Crippen LogP contribution is -1.99. The Labute approximate surface area is 288 Å². The second kappa shape index (κ2) is 11.4. The van der Waals surface area contributed by atoms with Crippen LogP contribution in [0.15, 0.2) is 152 Å². The summed E-state index contributed by atoms with van der Waals surface area (Å²) >= 11 is 0. The highest BCUT2D eigenvalue weighted by Crippen LogP contribution is 2.45. The summed E-state index contributed by atoms with van der Waals surface area (Å²) in [5.41, 5.74) is 10.9. The third-order valence-corrected chi connectivity index (χ3v) is 9.56. The van der Waals surface area contributed by atoms with E-state index in [1.807, 2.05) is 54.6 Å². The molecule has 0 amide bonds. The topological polar surface area (TPSA) is 42.4 Å². The molecule has 0 fully saturated rings. The Hall–Kier alpha value is -7.39. The summed E-state index contributed by atoms with van der Waals surface area (Å²) in [5.74, 6) is 0. The van der Waals surface area contributed by atoms with E-state index in [9.17, 15) is 5.26 Å². The molecule has 0 aliphatic carbocycles. The van der Waals surface area contributed by atoms with Gasteiger partial charge in [-0.15, -0.1) is 0 Å². The van der Waals surface area contributed by atoms with Gasteiger partial charge in [0.25, 0.3) is 0 Å². The maximum absolute atomic E-state index is 10.1. The lowest BCUT2D eigenvalue weighted by Gasteiger charge is -2.19. The van der Waals surface area contributed by atoms with E-state index in [0.29, 0.717) is 16.9 Å². The Morgan fingerprint density at radius 2 is 1.12 bits per heavy atom. The molecule has 5 nitrogen and oxygen atoms in total. The third-order valence-electron chi connectivity index (χ3n) is 9.56. The number of hydrogen-bond donors (Lipinski definition) is 0. The van der Waals surface area contributed by atoms with Crippen molar-refractivity contribution in [2.24, 2.45) is 0 Å². The average molecular weight is 636 g/mol. The fraction of sp³-hybridized carbons (Fsp3) is 0. The van der Waals surface area contributed by atoms with Crippen molar-refractivity contribution in [2.45, 2.75) is 0 Å². The van der Waals surface area contributed by atoms with Crippen molar-refractivity contribution in [2.75, 3.05) is 0 Å². The van der Waals surface area contributed by atoms with Crippen molar-refractivity contribution < 1.29 is 0 Å². The van der Waals surface area contributed by atoms with Gasteiger partial charge in [-0.05, 0) is 88.3 Å². The van der Waals surface area contributed by atoms with Gasteiger partial charge in [-0.2, -0.15) is 5.26 Å². The number of nitriles is 1. The molecular weight excluding hydrogens is 611 g/mol. The Morgan fingerprint density at radius 3 is 1.80 bits per heavy atom. The molecule has 0 spiro atoms. The highest BCUT2D eigenvalue weighted by Gasteiger charge is 2.22. The van der Waals surface area contributed by atoms with Gasteiger partial charge in [0.05, 0.1) is 47.0 Å². The van der Waals surface area contributed by atoms with Crippen LogP contribution in [0.4, 0.5) is 11.4 Å². The van der Waals surface area contributed by atoms with Crippen LogP contribution in [0.5, 0.6) is 0 Å². The summed E-state index contributed by atoms with van der Waals surface area (Å²) in [6.45, 7) is 16.0. The van der Waals surface area contributed by atoms with Crippen LogP contribution in [0.25, 0.3) is 86.9 Å². The number of fused-ring (bicyclic) bond motifs is 6. The zero-order valence-corrected chi connectivity index (χ0v) is 26.7. The van der Waals surface area contributed by atoms with E-state index >= 15 is 0 Å². The minimum absolute atomic E-state index is 0.407. The van der Waals surface area contributed by atoms with Crippen LogP contribution in [0, 0.1) is 24.5 Å². The highest BCUT2D eigenvalue weighted by atomic mass is 15.0. The van der Waals surface area contributed by atoms with Crippen LogP contribution in [0.3, 0.4) is 0 Å². The number of hydrogen-bond acceptors (Lipinski definition) is 1. The van der Waals surface area contributed by atoms with Gasteiger partial charge in [-0.1, -0.05) is 91.0 Å². The average Bonchev–Trinajstić information content (AvgIpc) is 3.70. The molecule has 9 rings (SSSR count). The molecule has 9 aromatic rings. The quantitative estimate of drug-likeness (QED) is 0.177. The SMILES string of the molecule is [C-]#[N+]c1ccc2c(c1)c1ccccc1n2-c1ccccc1-c1c([N+]#[C-])cc(C#N)cc1-c1cccc(-n2c3ccccc3c3ccccc32)c1. The van der Waals surface area contributed by atoms with Crippen molar-refractivity contribution in [1.82, 2.24) is 9.13 Å². The van der Waals surface area contributed by atoms with Gasteiger partial charge in [0.15, 0.2) is 11.4 Å². The summed E-state index contributed by atoms with van der Waals surface area (Å²) in [4.78, 5) is 7.71. The Kier molecular flexibility index (Phi) is 6.56. The van der Waals surface area contributed by atoms with Crippen LogP contribution in [0.2, 0.25) is 0 Å². The molecule has 0 saturated carbocycles. The first-order valence-corrected chi connectivity index (χ1v) is 16.2. The maximum Gasteiger partial charge on any atom is 0.196 e. The summed E-state index contributed by atoms with van der Waals surface area (Å²) < 4.78 is 4.50. The van der Waals surface area contributed by atoms with E-state index in [2.05, 4.69) is 116 Å². The molecule has 0 bridgehead atoms. The number of aromatic nitrogens is 2. The van der Waals surface area contributed by atoms with Crippen molar-refractivity contribution in [3.8, 4) is 39.7 Å². The largest absolute Gasteiger partial charge is 0.309 e. The standard InChI is InChI=1S/C45H25N5/c1-47-31-22-23-44-38(27-31)35-16-5-9-20-42(35)50(44)43-21-10-6-17-36(43)45-37(24-29(28-46)25-39(45)48-2)30-12-11-13-32(26-30)49-40-18-7-3-14-33(40)34-15-4-8-19-41(34)49/h3-27H. The Morgan fingerprint density at radius 1 is 0.500 bits per heavy atom.